The average molecular weight is 210 g/mol. The van der Waals surface area contributed by atoms with Crippen molar-refractivity contribution in [2.75, 3.05) is 0 Å². The molecule has 0 aliphatic heterocycles. The SMILES string of the molecule is O=c1c2c(oc3ccccc13)C=CCC=C2. The summed E-state index contributed by atoms with van der Waals surface area (Å²) in [4.78, 5) is 12.2. The van der Waals surface area contributed by atoms with Crippen LogP contribution in [0.3, 0.4) is 0 Å². The first-order valence-electron chi connectivity index (χ1n) is 5.25. The lowest BCUT2D eigenvalue weighted by atomic mass is 10.1. The minimum Gasteiger partial charge on any atom is -0.456 e. The van der Waals surface area contributed by atoms with Gasteiger partial charge in [-0.15, -0.1) is 0 Å². The van der Waals surface area contributed by atoms with E-state index in [1.165, 1.54) is 0 Å². The predicted molar refractivity (Wildman–Crippen MR) is 65.2 cm³/mol. The molecule has 78 valence electrons. The zero-order chi connectivity index (χ0) is 11.0. The van der Waals surface area contributed by atoms with Crippen LogP contribution in [0, 0.1) is 0 Å². The maximum absolute atomic E-state index is 12.2. The van der Waals surface area contributed by atoms with Crippen molar-refractivity contribution in [3.8, 4) is 0 Å². The maximum Gasteiger partial charge on any atom is 0.200 e. The summed E-state index contributed by atoms with van der Waals surface area (Å²) in [5.41, 5.74) is 1.33. The number of rotatable bonds is 0. The Balaban J connectivity index is 2.48. The van der Waals surface area contributed by atoms with Crippen molar-refractivity contribution >= 4 is 23.1 Å². The third kappa shape index (κ3) is 1.31. The highest BCUT2D eigenvalue weighted by molar-refractivity contribution is 5.81. The smallest absolute Gasteiger partial charge is 0.200 e. The van der Waals surface area contributed by atoms with Crippen LogP contribution in [0.15, 0.2) is 45.6 Å². The summed E-state index contributed by atoms with van der Waals surface area (Å²) in [5.74, 6) is 0.650. The molecule has 1 aliphatic carbocycles. The minimum atomic E-state index is 0.0413. The van der Waals surface area contributed by atoms with Crippen LogP contribution in [0.5, 0.6) is 0 Å². The standard InChI is InChI=1S/C14H10O2/c15-14-10-6-2-1-3-8-12(10)16-13-9-5-4-7-11(13)14/h2-9H,1H2. The van der Waals surface area contributed by atoms with Gasteiger partial charge >= 0.3 is 0 Å². The molecule has 0 amide bonds. The van der Waals surface area contributed by atoms with E-state index in [9.17, 15) is 4.79 Å². The highest BCUT2D eigenvalue weighted by atomic mass is 16.3. The van der Waals surface area contributed by atoms with E-state index in [-0.39, 0.29) is 5.43 Å². The Labute approximate surface area is 92.5 Å². The third-order valence-electron chi connectivity index (χ3n) is 2.69. The normalized spacial score (nSPS) is 13.8. The van der Waals surface area contributed by atoms with Crippen LogP contribution in [0.4, 0.5) is 0 Å². The van der Waals surface area contributed by atoms with E-state index in [2.05, 4.69) is 0 Å². The van der Waals surface area contributed by atoms with Crippen LogP contribution in [0.2, 0.25) is 0 Å². The average Bonchev–Trinajstić information content (AvgIpc) is 2.55. The summed E-state index contributed by atoms with van der Waals surface area (Å²) in [7, 11) is 0. The maximum atomic E-state index is 12.2. The summed E-state index contributed by atoms with van der Waals surface area (Å²) in [6, 6.07) is 7.33. The van der Waals surface area contributed by atoms with Crippen molar-refractivity contribution in [2.24, 2.45) is 0 Å². The van der Waals surface area contributed by atoms with Gasteiger partial charge < -0.3 is 4.42 Å². The Morgan fingerprint density at radius 3 is 2.81 bits per heavy atom. The van der Waals surface area contributed by atoms with Gasteiger partial charge in [0.25, 0.3) is 0 Å². The lowest BCUT2D eigenvalue weighted by Gasteiger charge is -2.02. The quantitative estimate of drug-likeness (QED) is 0.668. The molecule has 0 saturated heterocycles. The van der Waals surface area contributed by atoms with Gasteiger partial charge in [0.2, 0.25) is 5.43 Å². The molecule has 0 spiro atoms. The number of fused-ring (bicyclic) bond motifs is 2. The van der Waals surface area contributed by atoms with Crippen LogP contribution in [0.25, 0.3) is 23.1 Å². The second-order valence-corrected chi connectivity index (χ2v) is 3.75. The molecule has 1 heterocycles. The lowest BCUT2D eigenvalue weighted by molar-refractivity contribution is 0.589. The molecule has 2 heteroatoms. The van der Waals surface area contributed by atoms with Crippen molar-refractivity contribution < 1.29 is 4.42 Å². The molecule has 1 aromatic heterocycles. The van der Waals surface area contributed by atoms with Crippen LogP contribution in [-0.2, 0) is 0 Å². The van der Waals surface area contributed by atoms with Crippen LogP contribution in [-0.4, -0.2) is 0 Å². The van der Waals surface area contributed by atoms with Crippen LogP contribution < -0.4 is 5.43 Å². The molecule has 0 unspecified atom stereocenters. The number of hydrogen-bond donors (Lipinski definition) is 0. The lowest BCUT2D eigenvalue weighted by Crippen LogP contribution is -2.06. The molecular formula is C14H10O2. The molecule has 0 saturated carbocycles. The van der Waals surface area contributed by atoms with Gasteiger partial charge in [0, 0.05) is 0 Å². The fourth-order valence-electron chi connectivity index (χ4n) is 1.89. The minimum absolute atomic E-state index is 0.0413. The van der Waals surface area contributed by atoms with Crippen molar-refractivity contribution in [2.45, 2.75) is 6.42 Å². The monoisotopic (exact) mass is 210 g/mol. The second-order valence-electron chi connectivity index (χ2n) is 3.75. The Bertz CT molecular complexity index is 660. The van der Waals surface area contributed by atoms with Gasteiger partial charge in [-0.05, 0) is 24.6 Å². The molecule has 3 rings (SSSR count). The molecule has 0 fully saturated rings. The van der Waals surface area contributed by atoms with Gasteiger partial charge in [0.05, 0.1) is 10.9 Å². The van der Waals surface area contributed by atoms with E-state index >= 15 is 0 Å². The Morgan fingerprint density at radius 1 is 1.06 bits per heavy atom. The first kappa shape index (κ1) is 9.16. The summed E-state index contributed by atoms with van der Waals surface area (Å²) >= 11 is 0. The van der Waals surface area contributed by atoms with E-state index in [0.29, 0.717) is 22.3 Å². The van der Waals surface area contributed by atoms with Gasteiger partial charge in [-0.3, -0.25) is 4.79 Å². The predicted octanol–water partition coefficient (Wildman–Crippen LogP) is 3.22. The largest absolute Gasteiger partial charge is 0.456 e. The van der Waals surface area contributed by atoms with E-state index in [1.807, 2.05) is 42.5 Å². The number of para-hydroxylation sites is 1. The topological polar surface area (TPSA) is 30.2 Å². The van der Waals surface area contributed by atoms with Crippen molar-refractivity contribution in [3.63, 3.8) is 0 Å². The van der Waals surface area contributed by atoms with Crippen LogP contribution >= 0.6 is 0 Å². The third-order valence-corrected chi connectivity index (χ3v) is 2.69. The molecule has 0 atom stereocenters. The molecule has 2 nitrogen and oxygen atoms in total. The zero-order valence-corrected chi connectivity index (χ0v) is 8.64. The molecular weight excluding hydrogens is 200 g/mol. The number of allylic oxidation sites excluding steroid dienone is 2. The van der Waals surface area contributed by atoms with E-state index in [4.69, 9.17) is 4.42 Å². The van der Waals surface area contributed by atoms with Gasteiger partial charge in [0.1, 0.15) is 11.3 Å². The molecule has 0 radical (unpaired) electrons. The highest BCUT2D eigenvalue weighted by Gasteiger charge is 2.10. The first-order valence-corrected chi connectivity index (χ1v) is 5.25. The second kappa shape index (κ2) is 3.49. The summed E-state index contributed by atoms with van der Waals surface area (Å²) in [5, 5.41) is 0.640. The Kier molecular flexibility index (Phi) is 2.00. The van der Waals surface area contributed by atoms with Gasteiger partial charge in [0.15, 0.2) is 0 Å². The molecule has 16 heavy (non-hydrogen) atoms. The summed E-state index contributed by atoms with van der Waals surface area (Å²) in [6.07, 6.45) is 8.49. The number of hydrogen-bond acceptors (Lipinski definition) is 2. The van der Waals surface area contributed by atoms with Gasteiger partial charge in [-0.25, -0.2) is 0 Å². The van der Waals surface area contributed by atoms with E-state index in [0.717, 1.165) is 6.42 Å². The zero-order valence-electron chi connectivity index (χ0n) is 8.64. The molecule has 2 aromatic rings. The van der Waals surface area contributed by atoms with Crippen molar-refractivity contribution in [1.82, 2.24) is 0 Å². The van der Waals surface area contributed by atoms with E-state index in [1.54, 1.807) is 6.07 Å². The fraction of sp³-hybridized carbons (Fsp3) is 0.0714. The molecule has 0 bridgehead atoms. The number of benzene rings is 1. The highest BCUT2D eigenvalue weighted by Crippen LogP contribution is 2.19. The van der Waals surface area contributed by atoms with Gasteiger partial charge in [-0.1, -0.05) is 30.4 Å². The summed E-state index contributed by atoms with van der Waals surface area (Å²) < 4.78 is 5.71. The van der Waals surface area contributed by atoms with Gasteiger partial charge in [-0.2, -0.15) is 0 Å². The fourth-order valence-corrected chi connectivity index (χ4v) is 1.89. The molecule has 0 N–H and O–H groups in total. The Hall–Kier alpha value is -2.09. The van der Waals surface area contributed by atoms with Crippen molar-refractivity contribution in [1.29, 1.82) is 0 Å². The first-order chi connectivity index (χ1) is 7.86. The summed E-state index contributed by atoms with van der Waals surface area (Å²) in [6.45, 7) is 0. The van der Waals surface area contributed by atoms with E-state index < -0.39 is 0 Å². The Morgan fingerprint density at radius 2 is 1.88 bits per heavy atom. The molecule has 1 aromatic carbocycles. The van der Waals surface area contributed by atoms with Crippen molar-refractivity contribution in [3.05, 3.63) is 58.0 Å². The molecule has 1 aliphatic rings. The van der Waals surface area contributed by atoms with Crippen LogP contribution in [0.1, 0.15) is 17.7 Å².